The van der Waals surface area contributed by atoms with Crippen molar-refractivity contribution in [2.75, 3.05) is 28.4 Å². The quantitative estimate of drug-likeness (QED) is 0.559. The van der Waals surface area contributed by atoms with Crippen LogP contribution in [0.5, 0.6) is 23.0 Å². The minimum Gasteiger partial charge on any atom is -0.496 e. The molecule has 3 N–H and O–H groups in total. The minimum absolute atomic E-state index is 0.0881. The molecule has 2 aromatic rings. The number of methoxy groups -OCH3 is 4. The van der Waals surface area contributed by atoms with E-state index in [1.165, 1.54) is 52.7 Å². The van der Waals surface area contributed by atoms with Gasteiger partial charge < -0.3 is 29.8 Å². The summed E-state index contributed by atoms with van der Waals surface area (Å²) in [5.74, 6) is 0.102. The molecule has 9 nitrogen and oxygen atoms in total. The fraction of sp³-hybridized carbons (Fsp3) is 0.286. The summed E-state index contributed by atoms with van der Waals surface area (Å²) >= 11 is 0. The van der Waals surface area contributed by atoms with Crippen molar-refractivity contribution in [2.45, 2.75) is 11.9 Å². The Kier molecular flexibility index (Phi) is 7.89. The first kappa shape index (κ1) is 24.0. The number of aliphatic hydroxyl groups excluding tert-OH is 1. The van der Waals surface area contributed by atoms with Gasteiger partial charge in [0.25, 0.3) is 5.91 Å². The second-order valence-electron chi connectivity index (χ2n) is 6.44. The Morgan fingerprint density at radius 2 is 1.58 bits per heavy atom. The number of carbonyl (C=O) groups excluding carboxylic acids is 1. The molecule has 2 aromatic carbocycles. The molecule has 2 rings (SSSR count). The van der Waals surface area contributed by atoms with Crippen LogP contribution in [0.2, 0.25) is 0 Å². The summed E-state index contributed by atoms with van der Waals surface area (Å²) in [6, 6.07) is 7.57. The lowest BCUT2D eigenvalue weighted by Crippen LogP contribution is -2.21. The second kappa shape index (κ2) is 10.2. The summed E-state index contributed by atoms with van der Waals surface area (Å²) < 4.78 is 46.3. The predicted molar refractivity (Wildman–Crippen MR) is 115 cm³/mol. The molecular formula is C21H25NO8S. The first-order valence-electron chi connectivity index (χ1n) is 9.00. The van der Waals surface area contributed by atoms with Gasteiger partial charge >= 0.3 is 0 Å². The number of nitrogens with two attached hydrogens (primary N) is 1. The topological polar surface area (TPSA) is 134 Å². The van der Waals surface area contributed by atoms with Crippen LogP contribution in [-0.2, 0) is 20.4 Å². The zero-order valence-corrected chi connectivity index (χ0v) is 18.4. The third kappa shape index (κ3) is 5.89. The Hall–Kier alpha value is -3.24. The monoisotopic (exact) mass is 451 g/mol. The summed E-state index contributed by atoms with van der Waals surface area (Å²) in [6.07, 6.45) is -0.254. The number of carbonyl (C=O) groups is 1. The molecule has 1 unspecified atom stereocenters. The van der Waals surface area contributed by atoms with Gasteiger partial charge in [0, 0.05) is 23.1 Å². The van der Waals surface area contributed by atoms with Crippen molar-refractivity contribution >= 4 is 21.8 Å². The highest BCUT2D eigenvalue weighted by atomic mass is 32.2. The Morgan fingerprint density at radius 3 is 2.06 bits per heavy atom. The van der Waals surface area contributed by atoms with E-state index < -0.39 is 21.8 Å². The summed E-state index contributed by atoms with van der Waals surface area (Å²) in [6.45, 7) is 0. The Morgan fingerprint density at radius 1 is 1.00 bits per heavy atom. The van der Waals surface area contributed by atoms with Crippen LogP contribution in [0.25, 0.3) is 6.08 Å². The van der Waals surface area contributed by atoms with Gasteiger partial charge in [-0.15, -0.1) is 0 Å². The van der Waals surface area contributed by atoms with Gasteiger partial charge in [0.2, 0.25) is 0 Å². The molecule has 0 aromatic heterocycles. The van der Waals surface area contributed by atoms with E-state index >= 15 is 0 Å². The van der Waals surface area contributed by atoms with E-state index in [-0.39, 0.29) is 17.1 Å². The molecule has 10 heteroatoms. The lowest BCUT2D eigenvalue weighted by atomic mass is 10.0. The van der Waals surface area contributed by atoms with Crippen molar-refractivity contribution in [3.63, 3.8) is 0 Å². The van der Waals surface area contributed by atoms with Crippen molar-refractivity contribution in [3.8, 4) is 23.0 Å². The summed E-state index contributed by atoms with van der Waals surface area (Å²) in [5.41, 5.74) is 6.00. The number of rotatable bonds is 10. The van der Waals surface area contributed by atoms with Crippen LogP contribution < -0.4 is 24.7 Å². The van der Waals surface area contributed by atoms with Crippen LogP contribution >= 0.6 is 0 Å². The maximum Gasteiger partial charge on any atom is 0.251 e. The SMILES string of the molecule is COc1cc(OC)c(C=CS(=O)(=O)Cc2ccc(OC)c(C(O)C(N)=O)c2)c(OC)c1. The van der Waals surface area contributed by atoms with Crippen LogP contribution in [-0.4, -0.2) is 47.9 Å². The van der Waals surface area contributed by atoms with Crippen LogP contribution in [0, 0.1) is 0 Å². The Labute approximate surface area is 180 Å². The Bertz CT molecular complexity index is 1050. The van der Waals surface area contributed by atoms with Gasteiger partial charge in [0.15, 0.2) is 15.9 Å². The lowest BCUT2D eigenvalue weighted by Gasteiger charge is -2.14. The molecule has 0 aliphatic heterocycles. The fourth-order valence-corrected chi connectivity index (χ4v) is 3.97. The summed E-state index contributed by atoms with van der Waals surface area (Å²) in [5, 5.41) is 11.0. The van der Waals surface area contributed by atoms with E-state index in [1.807, 2.05) is 0 Å². The number of aliphatic hydroxyl groups is 1. The number of benzene rings is 2. The molecule has 0 aliphatic carbocycles. The van der Waals surface area contributed by atoms with Crippen molar-refractivity contribution in [3.05, 3.63) is 52.4 Å². The summed E-state index contributed by atoms with van der Waals surface area (Å²) in [7, 11) is 2.01. The van der Waals surface area contributed by atoms with Gasteiger partial charge in [-0.3, -0.25) is 4.79 Å². The fourth-order valence-electron chi connectivity index (χ4n) is 2.89. The number of sulfone groups is 1. The van der Waals surface area contributed by atoms with Crippen LogP contribution in [0.15, 0.2) is 35.7 Å². The van der Waals surface area contributed by atoms with E-state index in [4.69, 9.17) is 24.7 Å². The molecular weight excluding hydrogens is 426 g/mol. The number of amides is 1. The predicted octanol–water partition coefficient (Wildman–Crippen LogP) is 1.83. The molecule has 0 saturated heterocycles. The van der Waals surface area contributed by atoms with E-state index in [0.29, 0.717) is 28.4 Å². The van der Waals surface area contributed by atoms with Crippen LogP contribution in [0.4, 0.5) is 0 Å². The van der Waals surface area contributed by atoms with Gasteiger partial charge in [-0.2, -0.15) is 0 Å². The highest BCUT2D eigenvalue weighted by molar-refractivity contribution is 7.93. The molecule has 168 valence electrons. The molecule has 0 spiro atoms. The average Bonchev–Trinajstić information content (AvgIpc) is 2.75. The average molecular weight is 451 g/mol. The van der Waals surface area contributed by atoms with Crippen molar-refractivity contribution < 1.29 is 37.3 Å². The molecule has 0 fully saturated rings. The van der Waals surface area contributed by atoms with E-state index in [0.717, 1.165) is 5.41 Å². The number of hydrogen-bond acceptors (Lipinski definition) is 8. The minimum atomic E-state index is -3.74. The highest BCUT2D eigenvalue weighted by Gasteiger charge is 2.20. The number of hydrogen-bond donors (Lipinski definition) is 2. The molecule has 0 radical (unpaired) electrons. The standard InChI is InChI=1S/C21H25NO8S/c1-27-14-10-18(29-3)15(19(11-14)30-4)7-8-31(25,26)12-13-5-6-17(28-2)16(9-13)20(23)21(22)24/h5-11,20,23H,12H2,1-4H3,(H2,22,24). The van der Waals surface area contributed by atoms with Gasteiger partial charge in [0.05, 0.1) is 39.8 Å². The van der Waals surface area contributed by atoms with Gasteiger partial charge in [-0.1, -0.05) is 6.07 Å². The second-order valence-corrected chi connectivity index (χ2v) is 8.32. The van der Waals surface area contributed by atoms with Crippen LogP contribution in [0.1, 0.15) is 22.8 Å². The Balaban J connectivity index is 2.37. The van der Waals surface area contributed by atoms with Gasteiger partial charge in [0.1, 0.15) is 23.0 Å². The molecule has 31 heavy (non-hydrogen) atoms. The zero-order valence-electron chi connectivity index (χ0n) is 17.6. The van der Waals surface area contributed by atoms with Gasteiger partial charge in [-0.05, 0) is 23.8 Å². The maximum absolute atomic E-state index is 12.7. The zero-order chi connectivity index (χ0) is 23.2. The first-order chi connectivity index (χ1) is 14.6. The molecule has 0 saturated carbocycles. The molecule has 0 aliphatic rings. The number of ether oxygens (including phenoxy) is 4. The molecule has 1 atom stereocenters. The molecule has 1 amide bonds. The van der Waals surface area contributed by atoms with Crippen molar-refractivity contribution in [1.29, 1.82) is 0 Å². The van der Waals surface area contributed by atoms with E-state index in [2.05, 4.69) is 0 Å². The highest BCUT2D eigenvalue weighted by Crippen LogP contribution is 2.35. The van der Waals surface area contributed by atoms with Crippen molar-refractivity contribution in [1.82, 2.24) is 0 Å². The van der Waals surface area contributed by atoms with E-state index in [1.54, 1.807) is 12.1 Å². The maximum atomic E-state index is 12.7. The van der Waals surface area contributed by atoms with Crippen LogP contribution in [0.3, 0.4) is 0 Å². The van der Waals surface area contributed by atoms with Crippen molar-refractivity contribution in [2.24, 2.45) is 5.73 Å². The van der Waals surface area contributed by atoms with Gasteiger partial charge in [-0.25, -0.2) is 8.42 Å². The summed E-state index contributed by atoms with van der Waals surface area (Å²) in [4.78, 5) is 11.3. The molecule has 0 bridgehead atoms. The third-order valence-electron chi connectivity index (χ3n) is 4.42. The van der Waals surface area contributed by atoms with E-state index in [9.17, 15) is 18.3 Å². The first-order valence-corrected chi connectivity index (χ1v) is 10.7. The largest absolute Gasteiger partial charge is 0.496 e. The normalized spacial score (nSPS) is 12.4. The third-order valence-corrected chi connectivity index (χ3v) is 5.71. The molecule has 0 heterocycles. The lowest BCUT2D eigenvalue weighted by molar-refractivity contribution is -0.126. The number of primary amides is 1. The smallest absolute Gasteiger partial charge is 0.251 e.